The lowest BCUT2D eigenvalue weighted by Crippen LogP contribution is -2.03. The number of carbonyl (C=O) groups is 1. The first-order valence-electron chi connectivity index (χ1n) is 6.47. The number of carbonyl (C=O) groups excluding carboxylic acids is 1. The monoisotopic (exact) mass is 303 g/mol. The number of nitrogens with two attached hydrogens (primary N) is 1. The zero-order valence-corrected chi connectivity index (χ0v) is 12.5. The van der Waals surface area contributed by atoms with Gasteiger partial charge in [-0.05, 0) is 31.2 Å². The summed E-state index contributed by atoms with van der Waals surface area (Å²) in [6, 6.07) is 4.10. The van der Waals surface area contributed by atoms with Crippen LogP contribution in [0.15, 0.2) is 42.4 Å². The lowest BCUT2D eigenvalue weighted by atomic mass is 10.3. The third kappa shape index (κ3) is 5.27. The quantitative estimate of drug-likeness (QED) is 0.634. The van der Waals surface area contributed by atoms with Crippen LogP contribution in [0.1, 0.15) is 22.5 Å². The average molecular weight is 303 g/mol. The molecule has 0 aliphatic carbocycles. The average Bonchev–Trinajstić information content (AvgIpc) is 3.06. The number of rotatable bonds is 6. The number of aromatic amines is 1. The van der Waals surface area contributed by atoms with Gasteiger partial charge in [0, 0.05) is 40.3 Å². The molecule has 0 aliphatic heterocycles. The second kappa shape index (κ2) is 7.44. The zero-order chi connectivity index (χ0) is 15.1. The zero-order valence-electron chi connectivity index (χ0n) is 11.7. The van der Waals surface area contributed by atoms with Crippen LogP contribution in [0.5, 0.6) is 0 Å². The smallest absolute Gasteiger partial charge is 0.332 e. The van der Waals surface area contributed by atoms with Crippen LogP contribution in [0.4, 0.5) is 0 Å². The van der Waals surface area contributed by atoms with Gasteiger partial charge in [-0.1, -0.05) is 0 Å². The minimum atomic E-state index is -0.427. The molecule has 2 aromatic heterocycles. The fourth-order valence-electron chi connectivity index (χ4n) is 1.66. The maximum atomic E-state index is 11.2. The largest absolute Gasteiger partial charge is 0.458 e. The molecule has 0 spiro atoms. The van der Waals surface area contributed by atoms with E-state index in [2.05, 4.69) is 16.0 Å². The van der Waals surface area contributed by atoms with Crippen LogP contribution in [0.2, 0.25) is 0 Å². The molecule has 2 rings (SSSR count). The Morgan fingerprint density at radius 1 is 1.52 bits per heavy atom. The number of thiophene rings is 1. The van der Waals surface area contributed by atoms with E-state index in [9.17, 15) is 4.79 Å². The Labute approximate surface area is 127 Å². The molecule has 0 aromatic carbocycles. The van der Waals surface area contributed by atoms with E-state index in [1.165, 1.54) is 11.0 Å². The van der Waals surface area contributed by atoms with Gasteiger partial charge in [0.25, 0.3) is 0 Å². The highest BCUT2D eigenvalue weighted by molar-refractivity contribution is 7.12. The Morgan fingerprint density at radius 2 is 2.38 bits per heavy atom. The third-order valence-corrected chi connectivity index (χ3v) is 3.58. The summed E-state index contributed by atoms with van der Waals surface area (Å²) in [7, 11) is 0. The Hall–Kier alpha value is -2.34. The van der Waals surface area contributed by atoms with E-state index in [1.807, 2.05) is 18.3 Å². The first kappa shape index (κ1) is 15.1. The molecule has 0 aliphatic rings. The van der Waals surface area contributed by atoms with Gasteiger partial charge in [-0.3, -0.25) is 0 Å². The minimum absolute atomic E-state index is 0.230. The van der Waals surface area contributed by atoms with Gasteiger partial charge in [-0.25, -0.2) is 9.78 Å². The fraction of sp³-hybridized carbons (Fsp3) is 0.200. The number of allylic oxidation sites excluding steroid dienone is 1. The molecule has 6 heteroatoms. The number of nitrogens with one attached hydrogen (secondary N) is 1. The van der Waals surface area contributed by atoms with E-state index in [1.54, 1.807) is 30.5 Å². The highest BCUT2D eigenvalue weighted by Gasteiger charge is 2.01. The van der Waals surface area contributed by atoms with Gasteiger partial charge in [0.15, 0.2) is 0 Å². The highest BCUT2D eigenvalue weighted by atomic mass is 32.1. The number of hydrogen-bond donors (Lipinski definition) is 2. The van der Waals surface area contributed by atoms with Crippen molar-refractivity contribution in [2.75, 3.05) is 6.61 Å². The molecule has 0 fully saturated rings. The van der Waals surface area contributed by atoms with Crippen LogP contribution in [-0.4, -0.2) is 22.5 Å². The SMILES string of the molecule is C/C(N)=C/C(=O)OC/C=C/c1ccc(Cc2ncc[nH]2)s1. The van der Waals surface area contributed by atoms with E-state index >= 15 is 0 Å². The summed E-state index contributed by atoms with van der Waals surface area (Å²) in [5.41, 5.74) is 5.82. The van der Waals surface area contributed by atoms with Crippen LogP contribution in [-0.2, 0) is 16.0 Å². The van der Waals surface area contributed by atoms with Crippen LogP contribution in [0.3, 0.4) is 0 Å². The maximum Gasteiger partial charge on any atom is 0.332 e. The van der Waals surface area contributed by atoms with Crippen molar-refractivity contribution in [2.45, 2.75) is 13.3 Å². The normalized spacial score (nSPS) is 12.0. The molecule has 0 atom stereocenters. The highest BCUT2D eigenvalue weighted by Crippen LogP contribution is 2.19. The van der Waals surface area contributed by atoms with Gasteiger partial charge in [0.2, 0.25) is 0 Å². The van der Waals surface area contributed by atoms with Crippen molar-refractivity contribution >= 4 is 23.4 Å². The Kier molecular flexibility index (Phi) is 5.34. The molecule has 0 saturated heterocycles. The second-order valence-electron chi connectivity index (χ2n) is 4.44. The van der Waals surface area contributed by atoms with Crippen molar-refractivity contribution in [1.82, 2.24) is 9.97 Å². The van der Waals surface area contributed by atoms with Crippen molar-refractivity contribution in [3.8, 4) is 0 Å². The topological polar surface area (TPSA) is 81.0 Å². The number of nitrogens with zero attached hydrogens (tertiary/aromatic N) is 1. The molecule has 0 bridgehead atoms. The summed E-state index contributed by atoms with van der Waals surface area (Å²) >= 11 is 1.68. The Bertz CT molecular complexity index is 638. The fourth-order valence-corrected chi connectivity index (χ4v) is 2.61. The molecular formula is C15H17N3O2S. The number of aromatic nitrogens is 2. The molecule has 5 nitrogen and oxygen atoms in total. The predicted molar refractivity (Wildman–Crippen MR) is 83.7 cm³/mol. The van der Waals surface area contributed by atoms with Crippen molar-refractivity contribution in [2.24, 2.45) is 5.73 Å². The van der Waals surface area contributed by atoms with Gasteiger partial charge in [0.1, 0.15) is 12.4 Å². The number of H-pyrrole nitrogens is 1. The van der Waals surface area contributed by atoms with Crippen molar-refractivity contribution in [3.63, 3.8) is 0 Å². The van der Waals surface area contributed by atoms with Crippen LogP contribution >= 0.6 is 11.3 Å². The number of ether oxygens (including phenoxy) is 1. The molecule has 2 aromatic rings. The molecule has 0 radical (unpaired) electrons. The van der Waals surface area contributed by atoms with E-state index in [0.717, 1.165) is 17.1 Å². The van der Waals surface area contributed by atoms with Gasteiger partial charge >= 0.3 is 5.97 Å². The number of esters is 1. The molecule has 3 N–H and O–H groups in total. The maximum absolute atomic E-state index is 11.2. The van der Waals surface area contributed by atoms with Gasteiger partial charge < -0.3 is 15.5 Å². The summed E-state index contributed by atoms with van der Waals surface area (Å²) in [5, 5.41) is 0. The molecule has 0 saturated carbocycles. The van der Waals surface area contributed by atoms with Crippen molar-refractivity contribution < 1.29 is 9.53 Å². The molecule has 110 valence electrons. The lowest BCUT2D eigenvalue weighted by molar-refractivity contribution is -0.136. The Balaban J connectivity index is 1.81. The van der Waals surface area contributed by atoms with E-state index in [-0.39, 0.29) is 6.61 Å². The van der Waals surface area contributed by atoms with Crippen molar-refractivity contribution in [3.05, 3.63) is 58.0 Å². The van der Waals surface area contributed by atoms with Gasteiger partial charge in [-0.2, -0.15) is 0 Å². The second-order valence-corrected chi connectivity index (χ2v) is 5.64. The summed E-state index contributed by atoms with van der Waals surface area (Å²) in [6.07, 6.45) is 9.36. The third-order valence-electron chi connectivity index (χ3n) is 2.53. The Morgan fingerprint density at radius 3 is 3.10 bits per heavy atom. The molecular weight excluding hydrogens is 286 g/mol. The first-order valence-corrected chi connectivity index (χ1v) is 7.29. The molecule has 0 amide bonds. The summed E-state index contributed by atoms with van der Waals surface area (Å²) in [6.45, 7) is 1.87. The molecule has 21 heavy (non-hydrogen) atoms. The first-order chi connectivity index (χ1) is 10.1. The van der Waals surface area contributed by atoms with Crippen LogP contribution in [0, 0.1) is 0 Å². The summed E-state index contributed by atoms with van der Waals surface area (Å²) in [4.78, 5) is 20.8. The lowest BCUT2D eigenvalue weighted by Gasteiger charge is -1.96. The molecule has 0 unspecified atom stereocenters. The molecule has 2 heterocycles. The number of hydrogen-bond acceptors (Lipinski definition) is 5. The van der Waals surface area contributed by atoms with E-state index in [4.69, 9.17) is 10.5 Å². The predicted octanol–water partition coefficient (Wildman–Crippen LogP) is 2.48. The van der Waals surface area contributed by atoms with Gasteiger partial charge in [-0.15, -0.1) is 11.3 Å². The van der Waals surface area contributed by atoms with E-state index < -0.39 is 5.97 Å². The van der Waals surface area contributed by atoms with E-state index in [0.29, 0.717) is 5.70 Å². The standard InChI is InChI=1S/C15H17N3O2S/c1-11(16)9-15(19)20-8-2-3-12-4-5-13(21-12)10-14-17-6-7-18-14/h2-7,9H,8,10,16H2,1H3,(H,17,18)/b3-2+,11-9-. The van der Waals surface area contributed by atoms with Crippen LogP contribution in [0.25, 0.3) is 6.08 Å². The minimum Gasteiger partial charge on any atom is -0.458 e. The summed E-state index contributed by atoms with van der Waals surface area (Å²) in [5.74, 6) is 0.523. The number of imidazole rings is 1. The van der Waals surface area contributed by atoms with Gasteiger partial charge in [0.05, 0.1) is 0 Å². The van der Waals surface area contributed by atoms with Crippen LogP contribution < -0.4 is 5.73 Å². The summed E-state index contributed by atoms with van der Waals surface area (Å²) < 4.78 is 4.97. The van der Waals surface area contributed by atoms with Crippen molar-refractivity contribution in [1.29, 1.82) is 0 Å².